The van der Waals surface area contributed by atoms with Crippen molar-refractivity contribution in [1.82, 2.24) is 19.9 Å². The summed E-state index contributed by atoms with van der Waals surface area (Å²) in [4.78, 5) is 32.5. The second-order valence-corrected chi connectivity index (χ2v) is 14.3. The first-order valence-corrected chi connectivity index (χ1v) is 15.7. The van der Waals surface area contributed by atoms with Gasteiger partial charge in [0.15, 0.2) is 6.10 Å². The van der Waals surface area contributed by atoms with Crippen molar-refractivity contribution < 1.29 is 14.3 Å². The standard InChI is InChI=1S/C33H40ClN5O3S/c1-20-19-24-28(26(21-9-11-22(34)12-10-21)25(20)27(30(40)41-8)42-33(5,6)7)43-29(36-24)23-13-14-35-31(37-23)38-15-17-39(18-16-38)32(2,3)4/h9-14,19,27H,15-18H2,1-8H3. The average Bonchev–Trinajstić information content (AvgIpc) is 3.38. The summed E-state index contributed by atoms with van der Waals surface area (Å²) < 4.78 is 12.5. The number of thiazole rings is 1. The number of rotatable bonds is 6. The van der Waals surface area contributed by atoms with Crippen molar-refractivity contribution >= 4 is 45.1 Å². The topological polar surface area (TPSA) is 80.7 Å². The van der Waals surface area contributed by atoms with Crippen LogP contribution in [0.3, 0.4) is 0 Å². The highest BCUT2D eigenvalue weighted by atomic mass is 35.5. The largest absolute Gasteiger partial charge is 0.467 e. The fourth-order valence-corrected chi connectivity index (χ4v) is 6.66. The SMILES string of the molecule is COC(=O)C(OC(C)(C)C)c1c(C)cc2nc(-c3ccnc(N4CCN(C(C)(C)C)CC4)n3)sc2c1-c1ccc(Cl)cc1. The van der Waals surface area contributed by atoms with Gasteiger partial charge in [-0.15, -0.1) is 11.3 Å². The number of carbonyl (C=O) groups is 1. The minimum absolute atomic E-state index is 0.138. The summed E-state index contributed by atoms with van der Waals surface area (Å²) in [6.07, 6.45) is 0.879. The lowest BCUT2D eigenvalue weighted by Gasteiger charge is -2.42. The van der Waals surface area contributed by atoms with Gasteiger partial charge in [0.25, 0.3) is 0 Å². The summed E-state index contributed by atoms with van der Waals surface area (Å²) in [6.45, 7) is 18.2. The van der Waals surface area contributed by atoms with Gasteiger partial charge in [0, 0.05) is 54.1 Å². The molecule has 0 bridgehead atoms. The molecule has 2 aromatic carbocycles. The lowest BCUT2D eigenvalue weighted by molar-refractivity contribution is -0.164. The highest BCUT2D eigenvalue weighted by Crippen LogP contribution is 2.44. The molecule has 4 aromatic rings. The number of methoxy groups -OCH3 is 1. The molecular weight excluding hydrogens is 582 g/mol. The Morgan fingerprint density at radius 3 is 2.28 bits per heavy atom. The van der Waals surface area contributed by atoms with Crippen LogP contribution in [0.15, 0.2) is 42.6 Å². The molecule has 8 nitrogen and oxygen atoms in total. The van der Waals surface area contributed by atoms with E-state index in [2.05, 4.69) is 35.6 Å². The molecule has 43 heavy (non-hydrogen) atoms. The third-order valence-corrected chi connectivity index (χ3v) is 8.95. The number of nitrogens with zero attached hydrogens (tertiary/aromatic N) is 5. The summed E-state index contributed by atoms with van der Waals surface area (Å²) >= 11 is 7.82. The normalized spacial score (nSPS) is 15.6. The van der Waals surface area contributed by atoms with E-state index in [1.807, 2.05) is 64.1 Å². The number of benzene rings is 2. The lowest BCUT2D eigenvalue weighted by atomic mass is 9.91. The van der Waals surface area contributed by atoms with E-state index in [0.29, 0.717) is 11.0 Å². The highest BCUT2D eigenvalue weighted by molar-refractivity contribution is 7.22. The third kappa shape index (κ3) is 6.85. The maximum absolute atomic E-state index is 13.2. The Bertz CT molecular complexity index is 1620. The van der Waals surface area contributed by atoms with E-state index < -0.39 is 17.7 Å². The van der Waals surface area contributed by atoms with Crippen molar-refractivity contribution in [3.05, 3.63) is 58.7 Å². The van der Waals surface area contributed by atoms with Crippen LogP contribution in [0.25, 0.3) is 32.0 Å². The number of piperazine rings is 1. The van der Waals surface area contributed by atoms with Crippen molar-refractivity contribution in [2.45, 2.75) is 65.7 Å². The molecule has 1 fully saturated rings. The van der Waals surface area contributed by atoms with Crippen LogP contribution in [0.2, 0.25) is 5.02 Å². The van der Waals surface area contributed by atoms with Gasteiger partial charge in [-0.1, -0.05) is 23.7 Å². The number of fused-ring (bicyclic) bond motifs is 1. The van der Waals surface area contributed by atoms with Crippen LogP contribution in [0.4, 0.5) is 5.95 Å². The summed E-state index contributed by atoms with van der Waals surface area (Å²) in [6, 6.07) is 11.5. The molecular formula is C33H40ClN5O3S. The quantitative estimate of drug-likeness (QED) is 0.207. The molecule has 0 amide bonds. The first kappa shape index (κ1) is 31.3. The number of hydrogen-bond donors (Lipinski definition) is 0. The van der Waals surface area contributed by atoms with Gasteiger partial charge in [-0.3, -0.25) is 4.90 Å². The third-order valence-electron chi connectivity index (χ3n) is 7.58. The van der Waals surface area contributed by atoms with Crippen LogP contribution >= 0.6 is 22.9 Å². The molecule has 0 spiro atoms. The molecule has 1 unspecified atom stereocenters. The summed E-state index contributed by atoms with van der Waals surface area (Å²) in [5.74, 6) is 0.258. The number of halogens is 1. The molecule has 1 aliphatic rings. The monoisotopic (exact) mass is 621 g/mol. The van der Waals surface area contributed by atoms with Crippen LogP contribution in [0.5, 0.6) is 0 Å². The van der Waals surface area contributed by atoms with Gasteiger partial charge >= 0.3 is 5.97 Å². The van der Waals surface area contributed by atoms with Crippen LogP contribution < -0.4 is 4.90 Å². The van der Waals surface area contributed by atoms with Gasteiger partial charge < -0.3 is 14.4 Å². The van der Waals surface area contributed by atoms with Gasteiger partial charge in [-0.2, -0.15) is 0 Å². The molecule has 0 N–H and O–H groups in total. The van der Waals surface area contributed by atoms with E-state index in [0.717, 1.165) is 69.4 Å². The molecule has 0 aliphatic carbocycles. The molecule has 1 saturated heterocycles. The Hall–Kier alpha value is -3.11. The molecule has 1 aliphatic heterocycles. The minimum Gasteiger partial charge on any atom is -0.467 e. The Kier molecular flexibility index (Phi) is 8.82. The maximum Gasteiger partial charge on any atom is 0.339 e. The Labute approximate surface area is 263 Å². The van der Waals surface area contributed by atoms with E-state index in [-0.39, 0.29) is 5.54 Å². The van der Waals surface area contributed by atoms with E-state index in [4.69, 9.17) is 31.0 Å². The maximum atomic E-state index is 13.2. The Balaban J connectivity index is 1.61. The summed E-state index contributed by atoms with van der Waals surface area (Å²) in [7, 11) is 1.39. The van der Waals surface area contributed by atoms with E-state index in [9.17, 15) is 4.79 Å². The summed E-state index contributed by atoms with van der Waals surface area (Å²) in [5, 5.41) is 1.41. The van der Waals surface area contributed by atoms with Gasteiger partial charge in [0.05, 0.1) is 22.9 Å². The number of anilines is 1. The van der Waals surface area contributed by atoms with E-state index in [1.165, 1.54) is 7.11 Å². The molecule has 228 valence electrons. The summed E-state index contributed by atoms with van der Waals surface area (Å²) in [5.41, 5.74) is 4.56. The van der Waals surface area contributed by atoms with Crippen molar-refractivity contribution in [3.8, 4) is 21.8 Å². The van der Waals surface area contributed by atoms with Crippen LogP contribution in [-0.4, -0.2) is 70.2 Å². The van der Waals surface area contributed by atoms with E-state index >= 15 is 0 Å². The fourth-order valence-electron chi connectivity index (χ4n) is 5.44. The fraction of sp³-hybridized carbons (Fsp3) is 0.455. The second-order valence-electron chi connectivity index (χ2n) is 12.9. The van der Waals surface area contributed by atoms with Crippen LogP contribution in [0.1, 0.15) is 58.8 Å². The lowest BCUT2D eigenvalue weighted by Crippen LogP contribution is -2.53. The zero-order valence-corrected chi connectivity index (χ0v) is 27.8. The predicted molar refractivity (Wildman–Crippen MR) is 175 cm³/mol. The van der Waals surface area contributed by atoms with E-state index in [1.54, 1.807) is 17.5 Å². The first-order chi connectivity index (χ1) is 20.2. The zero-order valence-electron chi connectivity index (χ0n) is 26.2. The van der Waals surface area contributed by atoms with Crippen molar-refractivity contribution in [2.24, 2.45) is 0 Å². The molecule has 10 heteroatoms. The van der Waals surface area contributed by atoms with Crippen LogP contribution in [-0.2, 0) is 14.3 Å². The second kappa shape index (κ2) is 12.1. The van der Waals surface area contributed by atoms with Gasteiger partial charge in [-0.25, -0.2) is 19.7 Å². The molecule has 3 heterocycles. The number of esters is 1. The van der Waals surface area contributed by atoms with Gasteiger partial charge in [-0.05, 0) is 83.9 Å². The predicted octanol–water partition coefficient (Wildman–Crippen LogP) is 7.33. The zero-order chi connectivity index (χ0) is 31.1. The molecule has 1 atom stereocenters. The molecule has 5 rings (SSSR count). The Morgan fingerprint density at radius 2 is 1.67 bits per heavy atom. The van der Waals surface area contributed by atoms with Crippen LogP contribution in [0, 0.1) is 6.92 Å². The van der Waals surface area contributed by atoms with Gasteiger partial charge in [0.1, 0.15) is 10.7 Å². The first-order valence-electron chi connectivity index (χ1n) is 14.5. The number of ether oxygens (including phenoxy) is 2. The number of aromatic nitrogens is 3. The van der Waals surface area contributed by atoms with Crippen molar-refractivity contribution in [2.75, 3.05) is 38.2 Å². The minimum atomic E-state index is -0.928. The molecule has 2 aromatic heterocycles. The average molecular weight is 622 g/mol. The van der Waals surface area contributed by atoms with Crippen molar-refractivity contribution in [3.63, 3.8) is 0 Å². The van der Waals surface area contributed by atoms with Gasteiger partial charge in [0.2, 0.25) is 5.95 Å². The highest BCUT2D eigenvalue weighted by Gasteiger charge is 2.33. The number of hydrogen-bond acceptors (Lipinski definition) is 9. The molecule has 0 radical (unpaired) electrons. The Morgan fingerprint density at radius 1 is 1.00 bits per heavy atom. The molecule has 0 saturated carbocycles. The smallest absolute Gasteiger partial charge is 0.339 e. The number of carbonyl (C=O) groups excluding carboxylic acids is 1. The van der Waals surface area contributed by atoms with Crippen molar-refractivity contribution in [1.29, 1.82) is 0 Å². The number of aryl methyl sites for hydroxylation is 1.